The number of carbonyl (C=O) groups excluding carboxylic acids is 2. The Kier molecular flexibility index (Phi) is 6.49. The van der Waals surface area contributed by atoms with Gasteiger partial charge in [-0.15, -0.1) is 0 Å². The van der Waals surface area contributed by atoms with E-state index in [2.05, 4.69) is 24.3 Å². The molecule has 35 heavy (non-hydrogen) atoms. The first-order valence-electron chi connectivity index (χ1n) is 11.8. The summed E-state index contributed by atoms with van der Waals surface area (Å²) in [5, 5.41) is 9.98. The van der Waals surface area contributed by atoms with Gasteiger partial charge in [-0.25, -0.2) is 14.4 Å². The number of carbonyl (C=O) groups is 3. The molecular formula is C27H32N2O6. The van der Waals surface area contributed by atoms with E-state index in [1.165, 1.54) is 11.9 Å². The van der Waals surface area contributed by atoms with Gasteiger partial charge in [-0.2, -0.15) is 0 Å². The van der Waals surface area contributed by atoms with Crippen molar-refractivity contribution in [2.75, 3.05) is 26.7 Å². The molecule has 1 aliphatic heterocycles. The summed E-state index contributed by atoms with van der Waals surface area (Å²) in [7, 11) is 1.44. The van der Waals surface area contributed by atoms with Gasteiger partial charge in [0.15, 0.2) is 0 Å². The lowest BCUT2D eigenvalue weighted by Crippen LogP contribution is -2.61. The summed E-state index contributed by atoms with van der Waals surface area (Å²) in [5.41, 5.74) is 2.38. The van der Waals surface area contributed by atoms with Gasteiger partial charge in [-0.05, 0) is 55.9 Å². The van der Waals surface area contributed by atoms with Crippen molar-refractivity contribution in [3.63, 3.8) is 0 Å². The van der Waals surface area contributed by atoms with Crippen LogP contribution in [0.5, 0.6) is 0 Å². The van der Waals surface area contributed by atoms with Crippen LogP contribution in [0.2, 0.25) is 0 Å². The van der Waals surface area contributed by atoms with Gasteiger partial charge in [0.1, 0.15) is 17.7 Å². The summed E-state index contributed by atoms with van der Waals surface area (Å²) in [6.45, 7) is 5.71. The smallest absolute Gasteiger partial charge is 0.410 e. The molecule has 186 valence electrons. The second kappa shape index (κ2) is 9.24. The first kappa shape index (κ1) is 24.6. The second-order valence-corrected chi connectivity index (χ2v) is 10.2. The number of rotatable bonds is 4. The molecule has 1 saturated heterocycles. The Morgan fingerprint density at radius 1 is 1.00 bits per heavy atom. The SMILES string of the molecule is CN(C(=O)OC(C)(C)C)C1(C(=O)O)CCN(C(=O)OCC2c3ccccc3-c3ccccc32)CC1. The quantitative estimate of drug-likeness (QED) is 0.680. The van der Waals surface area contributed by atoms with Crippen LogP contribution >= 0.6 is 0 Å². The van der Waals surface area contributed by atoms with E-state index in [1.807, 2.05) is 24.3 Å². The number of likely N-dealkylation sites (tertiary alicyclic amines) is 1. The van der Waals surface area contributed by atoms with Crippen LogP contribution in [0.1, 0.15) is 50.7 Å². The lowest BCUT2D eigenvalue weighted by atomic mass is 9.86. The molecule has 4 rings (SSSR count). The third-order valence-electron chi connectivity index (χ3n) is 6.89. The number of benzene rings is 2. The highest BCUT2D eigenvalue weighted by Crippen LogP contribution is 2.44. The second-order valence-electron chi connectivity index (χ2n) is 10.2. The van der Waals surface area contributed by atoms with Gasteiger partial charge in [0.05, 0.1) is 0 Å². The minimum Gasteiger partial charge on any atom is -0.479 e. The molecule has 0 radical (unpaired) electrons. The van der Waals surface area contributed by atoms with Crippen molar-refractivity contribution in [2.24, 2.45) is 0 Å². The number of carboxylic acid groups (broad SMARTS) is 1. The van der Waals surface area contributed by atoms with Crippen LogP contribution in [0.4, 0.5) is 9.59 Å². The van der Waals surface area contributed by atoms with Crippen LogP contribution in [0.3, 0.4) is 0 Å². The number of likely N-dealkylation sites (N-methyl/N-ethyl adjacent to an activating group) is 1. The molecule has 0 bridgehead atoms. The molecule has 0 aromatic heterocycles. The van der Waals surface area contributed by atoms with E-state index in [1.54, 1.807) is 20.8 Å². The number of piperidine rings is 1. The summed E-state index contributed by atoms with van der Waals surface area (Å²) in [6, 6.07) is 16.2. The molecule has 8 heteroatoms. The lowest BCUT2D eigenvalue weighted by Gasteiger charge is -2.43. The number of fused-ring (bicyclic) bond motifs is 3. The van der Waals surface area contributed by atoms with Crippen LogP contribution in [-0.2, 0) is 14.3 Å². The summed E-state index contributed by atoms with van der Waals surface area (Å²) in [6.07, 6.45) is -1.01. The third-order valence-corrected chi connectivity index (χ3v) is 6.89. The maximum Gasteiger partial charge on any atom is 0.410 e. The highest BCUT2D eigenvalue weighted by Gasteiger charge is 2.49. The van der Waals surface area contributed by atoms with Crippen molar-refractivity contribution in [1.29, 1.82) is 0 Å². The summed E-state index contributed by atoms with van der Waals surface area (Å²) < 4.78 is 11.1. The van der Waals surface area contributed by atoms with E-state index >= 15 is 0 Å². The molecule has 8 nitrogen and oxygen atoms in total. The third kappa shape index (κ3) is 4.70. The Bertz CT molecular complexity index is 1080. The Hall–Kier alpha value is -3.55. The number of aliphatic carboxylic acids is 1. The summed E-state index contributed by atoms with van der Waals surface area (Å²) >= 11 is 0. The highest BCUT2D eigenvalue weighted by atomic mass is 16.6. The van der Waals surface area contributed by atoms with Crippen LogP contribution in [0.15, 0.2) is 48.5 Å². The number of ether oxygens (including phenoxy) is 2. The molecule has 0 atom stereocenters. The van der Waals surface area contributed by atoms with E-state index in [0.29, 0.717) is 0 Å². The first-order chi connectivity index (χ1) is 16.5. The van der Waals surface area contributed by atoms with Crippen LogP contribution in [-0.4, -0.2) is 70.9 Å². The molecule has 2 aromatic rings. The molecule has 2 aromatic carbocycles. The number of nitrogens with zero attached hydrogens (tertiary/aromatic N) is 2. The average Bonchev–Trinajstić information content (AvgIpc) is 3.14. The summed E-state index contributed by atoms with van der Waals surface area (Å²) in [4.78, 5) is 40.3. The van der Waals surface area contributed by atoms with Gasteiger partial charge < -0.3 is 19.5 Å². The van der Waals surface area contributed by atoms with Crippen LogP contribution < -0.4 is 0 Å². The molecular weight excluding hydrogens is 448 g/mol. The van der Waals surface area contributed by atoms with Crippen molar-refractivity contribution in [1.82, 2.24) is 9.80 Å². The zero-order valence-electron chi connectivity index (χ0n) is 20.6. The lowest BCUT2D eigenvalue weighted by molar-refractivity contribution is -0.153. The van der Waals surface area contributed by atoms with E-state index in [9.17, 15) is 19.5 Å². The monoisotopic (exact) mass is 480 g/mol. The number of hydrogen-bond acceptors (Lipinski definition) is 5. The zero-order valence-corrected chi connectivity index (χ0v) is 20.6. The number of carboxylic acids is 1. The minimum absolute atomic E-state index is 0.0486. The molecule has 1 N–H and O–H groups in total. The van der Waals surface area contributed by atoms with Crippen LogP contribution in [0.25, 0.3) is 11.1 Å². The molecule has 0 spiro atoms. The fourth-order valence-electron chi connectivity index (χ4n) is 4.94. The fraction of sp³-hybridized carbons (Fsp3) is 0.444. The zero-order chi connectivity index (χ0) is 25.4. The van der Waals surface area contributed by atoms with Gasteiger partial charge in [0.25, 0.3) is 0 Å². The van der Waals surface area contributed by atoms with Gasteiger partial charge in [0, 0.05) is 26.1 Å². The Morgan fingerprint density at radius 3 is 2.00 bits per heavy atom. The van der Waals surface area contributed by atoms with Crippen molar-refractivity contribution in [2.45, 2.75) is 50.7 Å². The molecule has 0 unspecified atom stereocenters. The predicted molar refractivity (Wildman–Crippen MR) is 130 cm³/mol. The highest BCUT2D eigenvalue weighted by molar-refractivity contribution is 5.85. The normalized spacial score (nSPS) is 16.7. The van der Waals surface area contributed by atoms with Crippen LogP contribution in [0, 0.1) is 0 Å². The average molecular weight is 481 g/mol. The van der Waals surface area contributed by atoms with Gasteiger partial charge >= 0.3 is 18.2 Å². The molecule has 1 heterocycles. The maximum absolute atomic E-state index is 12.9. The van der Waals surface area contributed by atoms with Gasteiger partial charge in [0.2, 0.25) is 0 Å². The van der Waals surface area contributed by atoms with Gasteiger partial charge in [-0.3, -0.25) is 4.90 Å². The molecule has 1 aliphatic carbocycles. The molecule has 2 amide bonds. The van der Waals surface area contributed by atoms with E-state index in [4.69, 9.17) is 9.47 Å². The Balaban J connectivity index is 1.40. The topological polar surface area (TPSA) is 96.4 Å². The first-order valence-corrected chi connectivity index (χ1v) is 11.8. The fourth-order valence-corrected chi connectivity index (χ4v) is 4.94. The Labute approximate surface area is 205 Å². The summed E-state index contributed by atoms with van der Waals surface area (Å²) in [5.74, 6) is -1.16. The van der Waals surface area contributed by atoms with E-state index in [-0.39, 0.29) is 38.5 Å². The maximum atomic E-state index is 12.9. The number of amides is 2. The van der Waals surface area contributed by atoms with E-state index in [0.717, 1.165) is 27.2 Å². The standard InChI is InChI=1S/C27H32N2O6/c1-26(2,3)35-24(32)28(4)27(23(30)31)13-15-29(16-14-27)25(33)34-17-22-20-11-7-5-9-18(20)19-10-6-8-12-21(19)22/h5-12,22H,13-17H2,1-4H3,(H,30,31). The molecule has 2 aliphatic rings. The van der Waals surface area contributed by atoms with Crippen molar-refractivity contribution in [3.05, 3.63) is 59.7 Å². The Morgan fingerprint density at radius 2 is 1.51 bits per heavy atom. The minimum atomic E-state index is -1.44. The van der Waals surface area contributed by atoms with Crippen molar-refractivity contribution >= 4 is 18.2 Å². The largest absolute Gasteiger partial charge is 0.479 e. The van der Waals surface area contributed by atoms with E-state index < -0.39 is 29.3 Å². The van der Waals surface area contributed by atoms with Crippen molar-refractivity contribution in [3.8, 4) is 11.1 Å². The molecule has 1 fully saturated rings. The number of hydrogen-bond donors (Lipinski definition) is 1. The predicted octanol–water partition coefficient (Wildman–Crippen LogP) is 4.72. The molecule has 0 saturated carbocycles. The van der Waals surface area contributed by atoms with Crippen molar-refractivity contribution < 1.29 is 29.0 Å². The van der Waals surface area contributed by atoms with Gasteiger partial charge in [-0.1, -0.05) is 48.5 Å².